The van der Waals surface area contributed by atoms with Gasteiger partial charge in [0.05, 0.1) is 16.8 Å². The van der Waals surface area contributed by atoms with Crippen LogP contribution in [0.15, 0.2) is 212 Å². The van der Waals surface area contributed by atoms with Crippen LogP contribution in [-0.2, 0) is 5.41 Å². The number of thiophene rings is 1. The van der Waals surface area contributed by atoms with Gasteiger partial charge in [-0.1, -0.05) is 188 Å². The Bertz CT molecular complexity index is 3170. The minimum Gasteiger partial charge on any atom is -0.248 e. The number of hydrogen-bond acceptors (Lipinski definition) is 2. The molecule has 0 aliphatic heterocycles. The Balaban J connectivity index is 1.06. The van der Waals surface area contributed by atoms with Crippen molar-refractivity contribution in [2.45, 2.75) is 5.41 Å². The average molecular weight is 754 g/mol. The zero-order valence-corrected chi connectivity index (χ0v) is 32.4. The summed E-state index contributed by atoms with van der Waals surface area (Å²) < 4.78 is 1.34. The van der Waals surface area contributed by atoms with Crippen LogP contribution in [0.3, 0.4) is 0 Å². The van der Waals surface area contributed by atoms with Gasteiger partial charge in [0, 0.05) is 20.7 Å². The van der Waals surface area contributed by atoms with Gasteiger partial charge in [-0.15, -0.1) is 11.3 Å². The van der Waals surface area contributed by atoms with Crippen molar-refractivity contribution in [2.24, 2.45) is 0 Å². The summed E-state index contributed by atoms with van der Waals surface area (Å²) in [5, 5.41) is 1.35. The molecule has 2 aliphatic carbocycles. The van der Waals surface area contributed by atoms with Crippen molar-refractivity contribution in [3.63, 3.8) is 0 Å². The number of benzene rings is 8. The van der Waals surface area contributed by atoms with Crippen molar-refractivity contribution in [1.29, 1.82) is 0 Å². The van der Waals surface area contributed by atoms with Crippen molar-refractivity contribution in [1.82, 2.24) is 4.98 Å². The maximum atomic E-state index is 5.26. The first-order chi connectivity index (χ1) is 28.8. The van der Waals surface area contributed by atoms with E-state index in [0.29, 0.717) is 0 Å². The largest absolute Gasteiger partial charge is 0.248 e. The highest BCUT2D eigenvalue weighted by atomic mass is 32.1. The molecule has 58 heavy (non-hydrogen) atoms. The van der Waals surface area contributed by atoms with Gasteiger partial charge in [-0.25, -0.2) is 4.98 Å². The molecule has 270 valence electrons. The fourth-order valence-electron chi connectivity index (χ4n) is 9.82. The second-order valence-corrected chi connectivity index (χ2v) is 16.4. The smallest absolute Gasteiger partial charge is 0.0746 e. The predicted molar refractivity (Wildman–Crippen MR) is 243 cm³/mol. The first kappa shape index (κ1) is 33.1. The summed E-state index contributed by atoms with van der Waals surface area (Å²) in [6.45, 7) is 0. The van der Waals surface area contributed by atoms with Crippen LogP contribution >= 0.6 is 11.3 Å². The minimum atomic E-state index is -0.444. The minimum absolute atomic E-state index is 0.444. The van der Waals surface area contributed by atoms with Gasteiger partial charge in [0.25, 0.3) is 0 Å². The van der Waals surface area contributed by atoms with E-state index >= 15 is 0 Å². The molecule has 0 amide bonds. The first-order valence-corrected chi connectivity index (χ1v) is 20.8. The van der Waals surface area contributed by atoms with Crippen LogP contribution in [0.2, 0.25) is 0 Å². The Morgan fingerprint density at radius 1 is 0.328 bits per heavy atom. The lowest BCUT2D eigenvalue weighted by molar-refractivity contribution is 0.804. The number of pyridine rings is 1. The third-order valence-electron chi connectivity index (χ3n) is 12.3. The van der Waals surface area contributed by atoms with Crippen LogP contribution in [0, 0.1) is 0 Å². The maximum absolute atomic E-state index is 5.26. The topological polar surface area (TPSA) is 12.9 Å². The Morgan fingerprint density at radius 3 is 1.55 bits per heavy atom. The summed E-state index contributed by atoms with van der Waals surface area (Å²) >= 11 is 1.93. The van der Waals surface area contributed by atoms with E-state index in [1.54, 1.807) is 0 Å². The lowest BCUT2D eigenvalue weighted by atomic mass is 9.68. The maximum Gasteiger partial charge on any atom is 0.0746 e. The highest BCUT2D eigenvalue weighted by molar-refractivity contribution is 7.22. The van der Waals surface area contributed by atoms with Gasteiger partial charge in [0.1, 0.15) is 0 Å². The Morgan fingerprint density at radius 2 is 0.828 bits per heavy atom. The normalized spacial score (nSPS) is 13.0. The molecule has 2 aliphatic rings. The molecule has 0 radical (unpaired) electrons. The zero-order chi connectivity index (χ0) is 38.2. The molecule has 10 aromatic rings. The molecule has 0 saturated carbocycles. The molecule has 1 spiro atoms. The van der Waals surface area contributed by atoms with Crippen LogP contribution in [0.4, 0.5) is 0 Å². The first-order valence-electron chi connectivity index (χ1n) is 20.0. The standard InChI is InChI=1S/C56H35NS/c1-3-15-36(16-4-1)37-29-31-39(32-30-37)51-35-42(34-50(57-51)38-17-5-2-6-18-38)40-19-13-20-41(33-40)43-24-14-25-47-53(43)56(54-46-23-9-12-28-52(46)58-55(47)54)48-26-10-7-21-44(48)45-22-8-11-27-49(45)56/h1-35H. The quantitative estimate of drug-likeness (QED) is 0.171. The molecule has 0 fully saturated rings. The summed E-state index contributed by atoms with van der Waals surface area (Å²) in [5.74, 6) is 0. The second-order valence-electron chi connectivity index (χ2n) is 15.4. The summed E-state index contributed by atoms with van der Waals surface area (Å²) in [7, 11) is 0. The van der Waals surface area contributed by atoms with Crippen molar-refractivity contribution in [3.8, 4) is 77.5 Å². The molecule has 0 atom stereocenters. The van der Waals surface area contributed by atoms with Gasteiger partial charge in [-0.05, 0) is 102 Å². The highest BCUT2D eigenvalue weighted by Gasteiger charge is 2.54. The molecule has 1 nitrogen and oxygen atoms in total. The highest BCUT2D eigenvalue weighted by Crippen LogP contribution is 2.67. The average Bonchev–Trinajstić information content (AvgIpc) is 3.93. The van der Waals surface area contributed by atoms with Gasteiger partial charge in [0.15, 0.2) is 0 Å². The Hall–Kier alpha value is -7.13. The van der Waals surface area contributed by atoms with E-state index in [-0.39, 0.29) is 0 Å². The Labute approximate surface area is 342 Å². The molecule has 0 saturated heterocycles. The van der Waals surface area contributed by atoms with Crippen molar-refractivity contribution in [3.05, 3.63) is 235 Å². The fraction of sp³-hybridized carbons (Fsp3) is 0.0179. The molecule has 0 N–H and O–H groups in total. The number of fused-ring (bicyclic) bond motifs is 12. The van der Waals surface area contributed by atoms with Crippen molar-refractivity contribution in [2.75, 3.05) is 0 Å². The monoisotopic (exact) mass is 753 g/mol. The van der Waals surface area contributed by atoms with Crippen LogP contribution in [0.25, 0.3) is 87.5 Å². The van der Waals surface area contributed by atoms with Gasteiger partial charge < -0.3 is 0 Å². The van der Waals surface area contributed by atoms with Gasteiger partial charge in [0.2, 0.25) is 0 Å². The van der Waals surface area contributed by atoms with Gasteiger partial charge in [-0.2, -0.15) is 0 Å². The molecular formula is C56H35NS. The number of aromatic nitrogens is 1. The third kappa shape index (κ3) is 4.86. The van der Waals surface area contributed by atoms with Crippen molar-refractivity contribution >= 4 is 21.4 Å². The Kier molecular flexibility index (Phi) is 7.38. The van der Waals surface area contributed by atoms with E-state index in [2.05, 4.69) is 212 Å². The molecule has 12 rings (SSSR count). The van der Waals surface area contributed by atoms with Crippen LogP contribution < -0.4 is 0 Å². The molecule has 8 aromatic carbocycles. The van der Waals surface area contributed by atoms with Gasteiger partial charge >= 0.3 is 0 Å². The summed E-state index contributed by atoms with van der Waals surface area (Å²) in [5.41, 5.74) is 20.4. The summed E-state index contributed by atoms with van der Waals surface area (Å²) in [4.78, 5) is 6.64. The molecular weight excluding hydrogens is 719 g/mol. The predicted octanol–water partition coefficient (Wildman–Crippen LogP) is 15.0. The van der Waals surface area contributed by atoms with E-state index in [9.17, 15) is 0 Å². The van der Waals surface area contributed by atoms with E-state index in [0.717, 1.165) is 33.6 Å². The van der Waals surface area contributed by atoms with Gasteiger partial charge in [-0.3, -0.25) is 0 Å². The molecule has 2 heterocycles. The summed E-state index contributed by atoms with van der Waals surface area (Å²) in [6, 6.07) is 77.8. The number of nitrogens with zero attached hydrogens (tertiary/aromatic N) is 1. The van der Waals surface area contributed by atoms with Crippen molar-refractivity contribution < 1.29 is 0 Å². The van der Waals surface area contributed by atoms with E-state index in [1.165, 1.54) is 76.2 Å². The third-order valence-corrected chi connectivity index (χ3v) is 13.5. The number of rotatable bonds is 5. The van der Waals surface area contributed by atoms with E-state index in [4.69, 9.17) is 4.98 Å². The second kappa shape index (κ2) is 13.0. The van der Waals surface area contributed by atoms with E-state index in [1.807, 2.05) is 11.3 Å². The van der Waals surface area contributed by atoms with Crippen LogP contribution in [-0.4, -0.2) is 4.98 Å². The van der Waals surface area contributed by atoms with Crippen LogP contribution in [0.1, 0.15) is 22.3 Å². The molecule has 2 heteroatoms. The molecule has 2 aromatic heterocycles. The SMILES string of the molecule is c1ccc(-c2ccc(-c3cc(-c4cccc(-c5cccc6c5C5(c7ccccc7-c7ccccc75)c5c-6sc6ccccc56)c4)cc(-c4ccccc4)n3)cc2)cc1. The molecule has 0 unspecified atom stereocenters. The van der Waals surface area contributed by atoms with Crippen LogP contribution in [0.5, 0.6) is 0 Å². The summed E-state index contributed by atoms with van der Waals surface area (Å²) in [6.07, 6.45) is 0. The zero-order valence-electron chi connectivity index (χ0n) is 31.6. The number of hydrogen-bond donors (Lipinski definition) is 0. The lowest BCUT2D eigenvalue weighted by Crippen LogP contribution is -2.26. The molecule has 0 bridgehead atoms. The fourth-order valence-corrected chi connectivity index (χ4v) is 11.1. The van der Waals surface area contributed by atoms with E-state index < -0.39 is 5.41 Å². The lowest BCUT2D eigenvalue weighted by Gasteiger charge is -2.32.